The van der Waals surface area contributed by atoms with Crippen LogP contribution in [0.2, 0.25) is 0 Å². The van der Waals surface area contributed by atoms with Crippen LogP contribution in [0.3, 0.4) is 0 Å². The predicted octanol–water partition coefficient (Wildman–Crippen LogP) is 1.34. The lowest BCUT2D eigenvalue weighted by molar-refractivity contribution is -0.137. The highest BCUT2D eigenvalue weighted by Crippen LogP contribution is 2.35. The van der Waals surface area contributed by atoms with E-state index in [0.717, 1.165) is 25.3 Å². The first-order chi connectivity index (χ1) is 15.3. The first kappa shape index (κ1) is 24.4. The molecular weight excluding hydrogens is 432 g/mol. The number of nitrogens with one attached hydrogen (secondary N) is 2. The van der Waals surface area contributed by atoms with Crippen molar-refractivity contribution < 1.29 is 37.8 Å². The van der Waals surface area contributed by atoms with Gasteiger partial charge in [-0.1, -0.05) is 11.2 Å². The third-order valence-electron chi connectivity index (χ3n) is 4.38. The van der Waals surface area contributed by atoms with Crippen molar-refractivity contribution >= 4 is 30.5 Å². The number of urea groups is 2. The number of esters is 1. The van der Waals surface area contributed by atoms with E-state index in [1.165, 1.54) is 7.11 Å². The normalized spacial score (nSPS) is 16.5. The molecule has 1 aliphatic rings. The van der Waals surface area contributed by atoms with E-state index in [1.54, 1.807) is 0 Å². The van der Waals surface area contributed by atoms with Crippen LogP contribution in [-0.2, 0) is 14.3 Å². The number of imide groups is 1. The number of halogens is 2. The summed E-state index contributed by atoms with van der Waals surface area (Å²) in [6, 6.07) is -0.804. The van der Waals surface area contributed by atoms with E-state index in [4.69, 9.17) is 14.7 Å². The van der Waals surface area contributed by atoms with E-state index in [0.29, 0.717) is 4.90 Å². The number of hydrogen-bond acceptors (Lipinski definition) is 8. The van der Waals surface area contributed by atoms with Crippen molar-refractivity contribution in [3.63, 3.8) is 0 Å². The number of ether oxygens (including phenoxy) is 2. The molecule has 1 heterocycles. The number of hydrogen-bond donors (Lipinski definition) is 3. The Morgan fingerprint density at radius 2 is 2.03 bits per heavy atom. The largest absolute Gasteiger partial charge is 0.466 e. The highest BCUT2D eigenvalue weighted by molar-refractivity contribution is 6.02. The zero-order valence-corrected chi connectivity index (χ0v) is 17.2. The molecule has 0 bridgehead atoms. The summed E-state index contributed by atoms with van der Waals surface area (Å²) in [5.41, 5.74) is -0.291. The topological polar surface area (TPSA) is 142 Å². The Balaban J connectivity index is 2.58. The van der Waals surface area contributed by atoms with Crippen molar-refractivity contribution in [3.05, 3.63) is 46.7 Å². The molecule has 2 rings (SSSR count). The van der Waals surface area contributed by atoms with Gasteiger partial charge in [-0.05, 0) is 24.4 Å². The van der Waals surface area contributed by atoms with Crippen LogP contribution in [0.25, 0.3) is 0 Å². The molecule has 0 aliphatic carbocycles. The first-order valence-corrected chi connectivity index (χ1v) is 9.04. The number of carbonyl (C=O) groups excluding carboxylic acids is 3. The quantitative estimate of drug-likeness (QED) is 0.235. The van der Waals surface area contributed by atoms with Crippen LogP contribution in [0, 0.1) is 11.6 Å². The Morgan fingerprint density at radius 3 is 2.59 bits per heavy atom. The zero-order chi connectivity index (χ0) is 23.8. The summed E-state index contributed by atoms with van der Waals surface area (Å²) < 4.78 is 37.3. The Bertz CT molecular complexity index is 981. The fourth-order valence-electron chi connectivity index (χ4n) is 2.99. The maximum atomic E-state index is 14.0. The third kappa shape index (κ3) is 5.24. The lowest BCUT2D eigenvalue weighted by Gasteiger charge is -2.36. The van der Waals surface area contributed by atoms with E-state index in [9.17, 15) is 23.2 Å². The Hall–Kier alpha value is -3.87. The number of nitrogens with zero attached hydrogens (tertiary/aromatic N) is 3. The van der Waals surface area contributed by atoms with Crippen molar-refractivity contribution in [2.24, 2.45) is 10.1 Å². The van der Waals surface area contributed by atoms with E-state index in [1.807, 2.05) is 0 Å². The van der Waals surface area contributed by atoms with Crippen LogP contribution >= 0.6 is 0 Å². The maximum absolute atomic E-state index is 14.0. The second-order valence-electron chi connectivity index (χ2n) is 6.40. The molecule has 1 unspecified atom stereocenters. The van der Waals surface area contributed by atoms with Gasteiger partial charge in [0.25, 0.3) is 0 Å². The van der Waals surface area contributed by atoms with E-state index in [2.05, 4.69) is 27.5 Å². The van der Waals surface area contributed by atoms with Gasteiger partial charge in [-0.15, -0.1) is 0 Å². The van der Waals surface area contributed by atoms with Crippen molar-refractivity contribution in [1.82, 2.24) is 15.5 Å². The first-order valence-electron chi connectivity index (χ1n) is 9.04. The summed E-state index contributed by atoms with van der Waals surface area (Å²) in [5.74, 6) is -3.34. The van der Waals surface area contributed by atoms with Crippen molar-refractivity contribution in [2.75, 3.05) is 33.9 Å². The number of benzene rings is 1. The Kier molecular flexibility index (Phi) is 8.35. The predicted molar refractivity (Wildman–Crippen MR) is 107 cm³/mol. The fourth-order valence-corrected chi connectivity index (χ4v) is 2.99. The molecule has 13 heteroatoms. The van der Waals surface area contributed by atoms with Gasteiger partial charge in [0.05, 0.1) is 43.8 Å². The average molecular weight is 453 g/mol. The van der Waals surface area contributed by atoms with Gasteiger partial charge >= 0.3 is 18.0 Å². The monoisotopic (exact) mass is 453 g/mol. The van der Waals surface area contributed by atoms with E-state index in [-0.39, 0.29) is 42.2 Å². The fraction of sp³-hybridized carbons (Fsp3) is 0.316. The minimum absolute atomic E-state index is 0.0170. The second kappa shape index (κ2) is 10.9. The summed E-state index contributed by atoms with van der Waals surface area (Å²) >= 11 is 0. The van der Waals surface area contributed by atoms with Crippen LogP contribution < -0.4 is 10.6 Å². The highest BCUT2D eigenvalue weighted by Gasteiger charge is 2.43. The Morgan fingerprint density at radius 1 is 1.31 bits per heavy atom. The van der Waals surface area contributed by atoms with Gasteiger partial charge < -0.3 is 25.3 Å². The molecule has 1 aromatic rings. The van der Waals surface area contributed by atoms with Crippen molar-refractivity contribution in [3.8, 4) is 0 Å². The summed E-state index contributed by atoms with van der Waals surface area (Å²) in [6.45, 7) is 2.60. The molecule has 0 spiro atoms. The van der Waals surface area contributed by atoms with Crippen LogP contribution in [0.15, 0.2) is 39.6 Å². The molecule has 0 radical (unpaired) electrons. The lowest BCUT2D eigenvalue weighted by Crippen LogP contribution is -2.55. The lowest BCUT2D eigenvalue weighted by atomic mass is 9.93. The molecule has 0 saturated carbocycles. The van der Waals surface area contributed by atoms with Gasteiger partial charge in [-0.2, -0.15) is 0 Å². The number of methoxy groups -OCH3 is 2. The maximum Gasteiger partial charge on any atom is 0.338 e. The molecule has 0 saturated heterocycles. The summed E-state index contributed by atoms with van der Waals surface area (Å²) in [5, 5.41) is 16.6. The highest BCUT2D eigenvalue weighted by atomic mass is 19.2. The molecule has 0 fully saturated rings. The van der Waals surface area contributed by atoms with Crippen molar-refractivity contribution in [2.45, 2.75) is 6.04 Å². The molecule has 11 nitrogen and oxygen atoms in total. The molecular formula is C19H21F2N5O6. The number of aliphatic imine (C=N–C) groups is 1. The minimum atomic E-state index is -1.48. The van der Waals surface area contributed by atoms with Gasteiger partial charge in [0.2, 0.25) is 0 Å². The molecule has 1 aromatic carbocycles. The van der Waals surface area contributed by atoms with Crippen LogP contribution in [0.5, 0.6) is 0 Å². The number of rotatable bonds is 8. The summed E-state index contributed by atoms with van der Waals surface area (Å²) in [4.78, 5) is 42.4. The number of carbonyl (C=O) groups is 3. The summed E-state index contributed by atoms with van der Waals surface area (Å²) in [6.07, 6.45) is 0. The molecule has 172 valence electrons. The standard InChI is InChI=1S/C19H21F2N5O6/c1-22-7-11(25-30)8-23-18(28)26-16(10-4-5-12(20)13(21)6-10)15(17(27)32-3)14(9-31-2)24-19(26)29/h4-6,16,30H,1,7-9H2,2-3H3,(H,23,28)(H,24,29)/b25-11-. The number of amides is 4. The van der Waals surface area contributed by atoms with Gasteiger partial charge in [-0.25, -0.2) is 28.1 Å². The molecule has 32 heavy (non-hydrogen) atoms. The van der Waals surface area contributed by atoms with Gasteiger partial charge in [0.1, 0.15) is 6.04 Å². The smallest absolute Gasteiger partial charge is 0.338 e. The Labute approximate surface area is 181 Å². The van der Waals surface area contributed by atoms with Gasteiger partial charge in [0.15, 0.2) is 11.6 Å². The molecule has 0 aromatic heterocycles. The SMILES string of the molecule is C=NC/C(CNC(=O)N1C(=O)NC(COC)=C(C(=O)OC)C1c1ccc(F)c(F)c1)=N/O. The molecule has 1 atom stereocenters. The third-order valence-corrected chi connectivity index (χ3v) is 4.38. The average Bonchev–Trinajstić information content (AvgIpc) is 2.77. The second-order valence-corrected chi connectivity index (χ2v) is 6.40. The summed E-state index contributed by atoms with van der Waals surface area (Å²) in [7, 11) is 2.39. The molecule has 4 amide bonds. The van der Waals surface area contributed by atoms with Crippen LogP contribution in [-0.4, -0.2) is 74.5 Å². The zero-order valence-electron chi connectivity index (χ0n) is 17.2. The molecule has 3 N–H and O–H groups in total. The van der Waals surface area contributed by atoms with E-state index >= 15 is 0 Å². The van der Waals surface area contributed by atoms with E-state index < -0.39 is 35.7 Å². The minimum Gasteiger partial charge on any atom is -0.466 e. The number of oxime groups is 1. The van der Waals surface area contributed by atoms with Crippen molar-refractivity contribution in [1.29, 1.82) is 0 Å². The van der Waals surface area contributed by atoms with Gasteiger partial charge in [0, 0.05) is 7.11 Å². The van der Waals surface area contributed by atoms with Crippen LogP contribution in [0.1, 0.15) is 11.6 Å². The van der Waals surface area contributed by atoms with Gasteiger partial charge in [-0.3, -0.25) is 4.99 Å². The van der Waals surface area contributed by atoms with Crippen LogP contribution in [0.4, 0.5) is 18.4 Å². The molecule has 1 aliphatic heterocycles.